The molecule has 3 amide bonds. The molecule has 8 heteroatoms. The smallest absolute Gasteiger partial charge is 0.266 e. The van der Waals surface area contributed by atoms with Crippen molar-refractivity contribution in [2.75, 3.05) is 10.2 Å². The summed E-state index contributed by atoms with van der Waals surface area (Å²) in [6.45, 7) is 0. The van der Waals surface area contributed by atoms with Crippen LogP contribution in [-0.2, 0) is 0 Å². The summed E-state index contributed by atoms with van der Waals surface area (Å²) in [5.74, 6) is -2.92. The van der Waals surface area contributed by atoms with Gasteiger partial charge >= 0.3 is 0 Å². The maximum atomic E-state index is 12.6. The molecular formula is C22H12ClN2O5-. The summed E-state index contributed by atoms with van der Waals surface area (Å²) in [6.07, 6.45) is 0. The summed E-state index contributed by atoms with van der Waals surface area (Å²) in [6, 6.07) is 16.2. The number of hydrogen-bond acceptors (Lipinski definition) is 5. The van der Waals surface area contributed by atoms with Crippen LogP contribution in [0.4, 0.5) is 11.4 Å². The normalized spacial score (nSPS) is 12.6. The van der Waals surface area contributed by atoms with Gasteiger partial charge in [-0.15, -0.1) is 0 Å². The van der Waals surface area contributed by atoms with Crippen LogP contribution in [0.2, 0.25) is 5.02 Å². The predicted molar refractivity (Wildman–Crippen MR) is 108 cm³/mol. The fourth-order valence-electron chi connectivity index (χ4n) is 3.18. The molecule has 148 valence electrons. The zero-order valence-electron chi connectivity index (χ0n) is 15.2. The lowest BCUT2D eigenvalue weighted by Crippen LogP contribution is -2.29. The van der Waals surface area contributed by atoms with Crippen LogP contribution in [0.5, 0.6) is 0 Å². The molecule has 3 aromatic carbocycles. The van der Waals surface area contributed by atoms with E-state index in [1.54, 1.807) is 24.3 Å². The van der Waals surface area contributed by atoms with E-state index >= 15 is 0 Å². The summed E-state index contributed by atoms with van der Waals surface area (Å²) in [5, 5.41) is 13.9. The lowest BCUT2D eigenvalue weighted by molar-refractivity contribution is -0.254. The molecular weight excluding hydrogens is 408 g/mol. The number of carboxylic acids is 1. The molecule has 1 heterocycles. The van der Waals surface area contributed by atoms with Crippen molar-refractivity contribution in [2.45, 2.75) is 0 Å². The number of carbonyl (C=O) groups excluding carboxylic acids is 4. The van der Waals surface area contributed by atoms with Gasteiger partial charge in [-0.05, 0) is 54.6 Å². The molecule has 0 aliphatic carbocycles. The zero-order chi connectivity index (χ0) is 21.4. The Morgan fingerprint density at radius 1 is 0.867 bits per heavy atom. The second-order valence-electron chi connectivity index (χ2n) is 6.47. The lowest BCUT2D eigenvalue weighted by Gasteiger charge is -2.15. The molecule has 1 aliphatic rings. The molecule has 7 nitrogen and oxygen atoms in total. The number of rotatable bonds is 4. The molecule has 1 N–H and O–H groups in total. The van der Waals surface area contributed by atoms with E-state index < -0.39 is 23.7 Å². The average Bonchev–Trinajstić information content (AvgIpc) is 2.98. The first-order chi connectivity index (χ1) is 14.4. The third kappa shape index (κ3) is 3.31. The Morgan fingerprint density at radius 2 is 1.47 bits per heavy atom. The van der Waals surface area contributed by atoms with Gasteiger partial charge in [0.2, 0.25) is 0 Å². The Bertz CT molecular complexity index is 1190. The van der Waals surface area contributed by atoms with E-state index in [9.17, 15) is 24.3 Å². The summed E-state index contributed by atoms with van der Waals surface area (Å²) in [4.78, 5) is 49.9. The second kappa shape index (κ2) is 7.46. The van der Waals surface area contributed by atoms with Crippen LogP contribution in [-0.4, -0.2) is 23.7 Å². The molecule has 4 rings (SSSR count). The van der Waals surface area contributed by atoms with Gasteiger partial charge in [-0.2, -0.15) is 0 Å². The summed E-state index contributed by atoms with van der Waals surface area (Å²) in [5.41, 5.74) is 0.933. The van der Waals surface area contributed by atoms with E-state index in [0.717, 1.165) is 4.90 Å². The quantitative estimate of drug-likeness (QED) is 0.654. The Balaban J connectivity index is 1.57. The first-order valence-electron chi connectivity index (χ1n) is 8.77. The van der Waals surface area contributed by atoms with Crippen LogP contribution in [0.15, 0.2) is 66.7 Å². The molecule has 0 aromatic heterocycles. The number of carboxylic acid groups (broad SMARTS) is 1. The van der Waals surface area contributed by atoms with E-state index in [2.05, 4.69) is 5.32 Å². The first-order valence-corrected chi connectivity index (χ1v) is 9.15. The van der Waals surface area contributed by atoms with Crippen molar-refractivity contribution in [1.29, 1.82) is 0 Å². The number of anilines is 2. The molecule has 0 fully saturated rings. The van der Waals surface area contributed by atoms with Crippen LogP contribution in [0.1, 0.15) is 41.4 Å². The Labute approximate surface area is 175 Å². The van der Waals surface area contributed by atoms with Gasteiger partial charge in [0.15, 0.2) is 0 Å². The molecule has 1 aliphatic heterocycles. The number of nitrogens with zero attached hydrogens (tertiary/aromatic N) is 1. The minimum atomic E-state index is -1.46. The summed E-state index contributed by atoms with van der Waals surface area (Å²) in [7, 11) is 0. The summed E-state index contributed by atoms with van der Waals surface area (Å²) < 4.78 is 0. The maximum absolute atomic E-state index is 12.6. The third-order valence-corrected chi connectivity index (χ3v) is 4.87. The van der Waals surface area contributed by atoms with Gasteiger partial charge in [0.05, 0.1) is 28.5 Å². The lowest BCUT2D eigenvalue weighted by atomic mass is 10.1. The highest BCUT2D eigenvalue weighted by molar-refractivity contribution is 6.34. The summed E-state index contributed by atoms with van der Waals surface area (Å²) >= 11 is 5.88. The van der Waals surface area contributed by atoms with Crippen molar-refractivity contribution in [3.63, 3.8) is 0 Å². The minimum Gasteiger partial charge on any atom is -0.545 e. The average molecular weight is 420 g/mol. The van der Waals surface area contributed by atoms with Gasteiger partial charge < -0.3 is 15.2 Å². The van der Waals surface area contributed by atoms with Crippen molar-refractivity contribution < 1.29 is 24.3 Å². The van der Waals surface area contributed by atoms with Crippen molar-refractivity contribution >= 4 is 46.7 Å². The number of halogens is 1. The monoisotopic (exact) mass is 419 g/mol. The van der Waals surface area contributed by atoms with E-state index in [1.165, 1.54) is 42.5 Å². The van der Waals surface area contributed by atoms with Crippen molar-refractivity contribution in [3.8, 4) is 0 Å². The van der Waals surface area contributed by atoms with E-state index in [1.807, 2.05) is 0 Å². The molecule has 0 radical (unpaired) electrons. The van der Waals surface area contributed by atoms with Gasteiger partial charge in [-0.3, -0.25) is 14.4 Å². The Kier molecular flexibility index (Phi) is 4.81. The number of imide groups is 1. The fraction of sp³-hybridized carbons (Fsp3) is 0. The number of fused-ring (bicyclic) bond motifs is 1. The number of carbonyl (C=O) groups is 4. The minimum absolute atomic E-state index is 0.00285. The third-order valence-electron chi connectivity index (χ3n) is 4.63. The van der Waals surface area contributed by atoms with Gasteiger partial charge in [0.1, 0.15) is 0 Å². The highest BCUT2D eigenvalue weighted by atomic mass is 35.5. The molecule has 0 spiro atoms. The van der Waals surface area contributed by atoms with Crippen molar-refractivity contribution in [2.24, 2.45) is 0 Å². The fourth-order valence-corrected chi connectivity index (χ4v) is 3.35. The standard InChI is InChI=1S/C22H13ClN2O5/c23-13-7-10-17(22(29)30)18(11-13)24-19(26)12-5-8-14(9-6-12)25-20(27)15-3-1-2-4-16(15)21(25)28/h1-11H,(H,24,26)(H,29,30)/p-1. The Hall–Kier alpha value is -3.97. The van der Waals surface area contributed by atoms with E-state index in [4.69, 9.17) is 11.6 Å². The molecule has 30 heavy (non-hydrogen) atoms. The van der Waals surface area contributed by atoms with Gasteiger partial charge in [0, 0.05) is 16.1 Å². The van der Waals surface area contributed by atoms with Crippen LogP contribution in [0, 0.1) is 0 Å². The van der Waals surface area contributed by atoms with Crippen LogP contribution in [0.3, 0.4) is 0 Å². The van der Waals surface area contributed by atoms with Gasteiger partial charge in [0.25, 0.3) is 17.7 Å². The largest absolute Gasteiger partial charge is 0.545 e. The zero-order valence-corrected chi connectivity index (χ0v) is 16.0. The van der Waals surface area contributed by atoms with Crippen LogP contribution < -0.4 is 15.3 Å². The second-order valence-corrected chi connectivity index (χ2v) is 6.91. The number of hydrogen-bond donors (Lipinski definition) is 1. The molecule has 0 atom stereocenters. The van der Waals surface area contributed by atoms with Crippen LogP contribution >= 0.6 is 11.6 Å². The number of amides is 3. The van der Waals surface area contributed by atoms with Gasteiger partial charge in [-0.1, -0.05) is 23.7 Å². The number of benzene rings is 3. The van der Waals surface area contributed by atoms with Crippen LogP contribution in [0.25, 0.3) is 0 Å². The predicted octanol–water partition coefficient (Wildman–Crippen LogP) is 2.76. The van der Waals surface area contributed by atoms with E-state index in [0.29, 0.717) is 16.8 Å². The highest BCUT2D eigenvalue weighted by Crippen LogP contribution is 2.28. The topological polar surface area (TPSA) is 107 Å². The number of aromatic carboxylic acids is 1. The highest BCUT2D eigenvalue weighted by Gasteiger charge is 2.36. The molecule has 0 saturated heterocycles. The molecule has 0 bridgehead atoms. The maximum Gasteiger partial charge on any atom is 0.266 e. The SMILES string of the molecule is O=C(Nc1cc(Cl)ccc1C(=O)[O-])c1ccc(N2C(=O)c3ccccc3C2=O)cc1. The van der Waals surface area contributed by atoms with Gasteiger partial charge in [-0.25, -0.2) is 4.90 Å². The molecule has 0 saturated carbocycles. The van der Waals surface area contributed by atoms with Crippen molar-refractivity contribution in [3.05, 3.63) is 94.0 Å². The molecule has 3 aromatic rings. The Morgan fingerprint density at radius 3 is 2.03 bits per heavy atom. The molecule has 0 unspecified atom stereocenters. The van der Waals surface area contributed by atoms with E-state index in [-0.39, 0.29) is 21.8 Å². The number of nitrogens with one attached hydrogen (secondary N) is 1. The first kappa shape index (κ1) is 19.4. The van der Waals surface area contributed by atoms with Crippen molar-refractivity contribution in [1.82, 2.24) is 0 Å².